The van der Waals surface area contributed by atoms with Gasteiger partial charge in [-0.25, -0.2) is 0 Å². The zero-order chi connectivity index (χ0) is 13.5. The summed E-state index contributed by atoms with van der Waals surface area (Å²) in [6.45, 7) is 8.96. The Balaban J connectivity index is 0.000000771. The quantitative estimate of drug-likeness (QED) is 0.773. The Labute approximate surface area is 109 Å². The smallest absolute Gasteiger partial charge is 0.101 e. The molecule has 0 aromatic heterocycles. The van der Waals surface area contributed by atoms with Gasteiger partial charge in [-0.05, 0) is 24.6 Å². The molecular formula is C14H21N3O. The SMILES string of the molecule is CC.Cc1cc(C#N)c(N2CCOCC2)cc1N. The Morgan fingerprint density at radius 3 is 2.44 bits per heavy atom. The van der Waals surface area contributed by atoms with Gasteiger partial charge in [0.2, 0.25) is 0 Å². The Kier molecular flexibility index (Phi) is 5.47. The highest BCUT2D eigenvalue weighted by Gasteiger charge is 2.15. The lowest BCUT2D eigenvalue weighted by Crippen LogP contribution is -2.36. The average molecular weight is 247 g/mol. The van der Waals surface area contributed by atoms with E-state index in [0.717, 1.165) is 30.0 Å². The van der Waals surface area contributed by atoms with Gasteiger partial charge in [0.15, 0.2) is 0 Å². The Hall–Kier alpha value is -1.73. The average Bonchev–Trinajstić information content (AvgIpc) is 2.44. The zero-order valence-corrected chi connectivity index (χ0v) is 11.4. The summed E-state index contributed by atoms with van der Waals surface area (Å²) in [4.78, 5) is 2.15. The van der Waals surface area contributed by atoms with Crippen molar-refractivity contribution in [1.29, 1.82) is 5.26 Å². The van der Waals surface area contributed by atoms with E-state index in [1.807, 2.05) is 32.9 Å². The minimum atomic E-state index is 0.689. The number of hydrogen-bond donors (Lipinski definition) is 1. The number of nitriles is 1. The summed E-state index contributed by atoms with van der Waals surface area (Å²) in [5.41, 5.74) is 9.19. The third kappa shape index (κ3) is 3.14. The van der Waals surface area contributed by atoms with Gasteiger partial charge in [0.25, 0.3) is 0 Å². The number of rotatable bonds is 1. The molecule has 0 amide bonds. The summed E-state index contributed by atoms with van der Waals surface area (Å²) >= 11 is 0. The Morgan fingerprint density at radius 1 is 1.28 bits per heavy atom. The highest BCUT2D eigenvalue weighted by molar-refractivity contribution is 5.68. The van der Waals surface area contributed by atoms with Gasteiger partial charge in [0, 0.05) is 18.8 Å². The van der Waals surface area contributed by atoms with Gasteiger partial charge in [-0.2, -0.15) is 5.26 Å². The first-order valence-corrected chi connectivity index (χ1v) is 6.35. The molecule has 1 aromatic carbocycles. The maximum atomic E-state index is 9.12. The monoisotopic (exact) mass is 247 g/mol. The van der Waals surface area contributed by atoms with E-state index in [1.165, 1.54) is 0 Å². The lowest BCUT2D eigenvalue weighted by Gasteiger charge is -2.30. The summed E-state index contributed by atoms with van der Waals surface area (Å²) in [6.07, 6.45) is 0. The topological polar surface area (TPSA) is 62.3 Å². The molecule has 1 saturated heterocycles. The van der Waals surface area contributed by atoms with Gasteiger partial charge in [0.1, 0.15) is 6.07 Å². The van der Waals surface area contributed by atoms with E-state index in [1.54, 1.807) is 0 Å². The minimum Gasteiger partial charge on any atom is -0.398 e. The summed E-state index contributed by atoms with van der Waals surface area (Å²) in [7, 11) is 0. The van der Waals surface area contributed by atoms with Crippen LogP contribution in [0.5, 0.6) is 0 Å². The fourth-order valence-corrected chi connectivity index (χ4v) is 1.87. The van der Waals surface area contributed by atoms with Gasteiger partial charge in [-0.3, -0.25) is 0 Å². The molecule has 0 saturated carbocycles. The number of aryl methyl sites for hydroxylation is 1. The van der Waals surface area contributed by atoms with E-state index in [-0.39, 0.29) is 0 Å². The fraction of sp³-hybridized carbons (Fsp3) is 0.500. The minimum absolute atomic E-state index is 0.689. The predicted molar refractivity (Wildman–Crippen MR) is 74.7 cm³/mol. The largest absolute Gasteiger partial charge is 0.398 e. The van der Waals surface area contributed by atoms with Gasteiger partial charge in [-0.15, -0.1) is 0 Å². The first-order valence-electron chi connectivity index (χ1n) is 6.35. The first kappa shape index (κ1) is 14.3. The molecule has 2 N–H and O–H groups in total. The molecule has 0 radical (unpaired) electrons. The van der Waals surface area contributed by atoms with Gasteiger partial charge in [0.05, 0.1) is 24.5 Å². The molecule has 1 aliphatic heterocycles. The second kappa shape index (κ2) is 6.87. The van der Waals surface area contributed by atoms with Crippen LogP contribution in [0.4, 0.5) is 11.4 Å². The van der Waals surface area contributed by atoms with Crippen molar-refractivity contribution in [3.63, 3.8) is 0 Å². The summed E-state index contributed by atoms with van der Waals surface area (Å²) < 4.78 is 5.29. The van der Waals surface area contributed by atoms with Crippen molar-refractivity contribution >= 4 is 11.4 Å². The molecule has 1 fully saturated rings. The van der Waals surface area contributed by atoms with Crippen molar-refractivity contribution in [3.05, 3.63) is 23.3 Å². The van der Waals surface area contributed by atoms with Crippen molar-refractivity contribution in [1.82, 2.24) is 0 Å². The number of hydrogen-bond acceptors (Lipinski definition) is 4. The molecule has 1 aliphatic rings. The van der Waals surface area contributed by atoms with Crippen LogP contribution >= 0.6 is 0 Å². The van der Waals surface area contributed by atoms with Crippen LogP contribution in [0.2, 0.25) is 0 Å². The molecule has 0 unspecified atom stereocenters. The van der Waals surface area contributed by atoms with E-state index in [4.69, 9.17) is 15.7 Å². The molecule has 0 atom stereocenters. The predicted octanol–water partition coefficient (Wildman–Crippen LogP) is 2.31. The van der Waals surface area contributed by atoms with E-state index >= 15 is 0 Å². The number of morpholine rings is 1. The maximum Gasteiger partial charge on any atom is 0.101 e. The molecule has 0 spiro atoms. The van der Waals surface area contributed by atoms with Gasteiger partial charge < -0.3 is 15.4 Å². The van der Waals surface area contributed by atoms with Crippen LogP contribution in [0.3, 0.4) is 0 Å². The van der Waals surface area contributed by atoms with Crippen molar-refractivity contribution in [2.75, 3.05) is 36.9 Å². The lowest BCUT2D eigenvalue weighted by molar-refractivity contribution is 0.122. The van der Waals surface area contributed by atoms with E-state index in [9.17, 15) is 0 Å². The van der Waals surface area contributed by atoms with Crippen molar-refractivity contribution in [3.8, 4) is 6.07 Å². The van der Waals surface area contributed by atoms with Gasteiger partial charge in [-0.1, -0.05) is 13.8 Å². The van der Waals surface area contributed by atoms with E-state index < -0.39 is 0 Å². The number of nitrogens with two attached hydrogens (primary N) is 1. The molecule has 1 aromatic rings. The third-order valence-corrected chi connectivity index (χ3v) is 2.86. The molecule has 0 aliphatic carbocycles. The lowest BCUT2D eigenvalue weighted by atomic mass is 10.1. The molecule has 98 valence electrons. The van der Waals surface area contributed by atoms with Crippen molar-refractivity contribution in [2.45, 2.75) is 20.8 Å². The van der Waals surface area contributed by atoms with Crippen molar-refractivity contribution in [2.24, 2.45) is 0 Å². The highest BCUT2D eigenvalue weighted by Crippen LogP contribution is 2.26. The van der Waals surface area contributed by atoms with Crippen LogP contribution < -0.4 is 10.6 Å². The van der Waals surface area contributed by atoms with Crippen LogP contribution in [0, 0.1) is 18.3 Å². The Bertz CT molecular complexity index is 431. The number of benzene rings is 1. The first-order chi connectivity index (χ1) is 8.72. The summed E-state index contributed by atoms with van der Waals surface area (Å²) in [6, 6.07) is 5.96. The number of nitrogens with zero attached hydrogens (tertiary/aromatic N) is 2. The van der Waals surface area contributed by atoms with Crippen LogP contribution in [0.25, 0.3) is 0 Å². The second-order valence-electron chi connectivity index (χ2n) is 3.94. The molecule has 0 bridgehead atoms. The molecule has 4 heteroatoms. The second-order valence-corrected chi connectivity index (χ2v) is 3.94. The van der Waals surface area contributed by atoms with Crippen LogP contribution in [0.15, 0.2) is 12.1 Å². The van der Waals surface area contributed by atoms with Crippen LogP contribution in [-0.2, 0) is 4.74 Å². The Morgan fingerprint density at radius 2 is 1.89 bits per heavy atom. The van der Waals surface area contributed by atoms with Crippen LogP contribution in [0.1, 0.15) is 25.0 Å². The fourth-order valence-electron chi connectivity index (χ4n) is 1.87. The molecule has 2 rings (SSSR count). The molecular weight excluding hydrogens is 226 g/mol. The number of nitrogen functional groups attached to an aromatic ring is 1. The maximum absolute atomic E-state index is 9.12. The van der Waals surface area contributed by atoms with E-state index in [0.29, 0.717) is 18.8 Å². The molecule has 18 heavy (non-hydrogen) atoms. The van der Waals surface area contributed by atoms with E-state index in [2.05, 4.69) is 11.0 Å². The third-order valence-electron chi connectivity index (χ3n) is 2.86. The zero-order valence-electron chi connectivity index (χ0n) is 11.4. The van der Waals surface area contributed by atoms with Gasteiger partial charge >= 0.3 is 0 Å². The standard InChI is InChI=1S/C12H15N3O.C2H6/c1-9-6-10(8-13)12(7-11(9)14)15-2-4-16-5-3-15;1-2/h6-7H,2-5,14H2,1H3;1-2H3. The van der Waals surface area contributed by atoms with Crippen LogP contribution in [-0.4, -0.2) is 26.3 Å². The normalized spacial score (nSPS) is 14.4. The number of ether oxygens (including phenoxy) is 1. The summed E-state index contributed by atoms with van der Waals surface area (Å²) in [5, 5.41) is 9.12. The highest BCUT2D eigenvalue weighted by atomic mass is 16.5. The molecule has 1 heterocycles. The van der Waals surface area contributed by atoms with Crippen molar-refractivity contribution < 1.29 is 4.74 Å². The molecule has 4 nitrogen and oxygen atoms in total. The number of anilines is 2. The summed E-state index contributed by atoms with van der Waals surface area (Å²) in [5.74, 6) is 0.